The van der Waals surface area contributed by atoms with Crippen LogP contribution in [0.4, 0.5) is 0 Å². The van der Waals surface area contributed by atoms with Gasteiger partial charge in [0.25, 0.3) is 5.91 Å². The van der Waals surface area contributed by atoms with Crippen LogP contribution in [0.2, 0.25) is 0 Å². The molecule has 0 bridgehead atoms. The third-order valence-electron chi connectivity index (χ3n) is 8.85. The molecule has 2 N–H and O–H groups in total. The molecule has 1 unspecified atom stereocenters. The van der Waals surface area contributed by atoms with Crippen LogP contribution in [0.15, 0.2) is 18.2 Å². The SMILES string of the molecule is O=C1CCC(N2Cc3cc(O[C@H]4CCCC[C@H]4NC4CC5(CCOCC5)C4)ccc3C2=O)C(=O)N1. The number of piperidine rings is 1. The van der Waals surface area contributed by atoms with Crippen molar-refractivity contribution in [2.45, 2.75) is 95.0 Å². The van der Waals surface area contributed by atoms with Crippen LogP contribution in [-0.2, 0) is 20.9 Å². The molecular formula is C27H35N3O5. The quantitative estimate of drug-likeness (QED) is 0.628. The molecule has 35 heavy (non-hydrogen) atoms. The van der Waals surface area contributed by atoms with Gasteiger partial charge in [-0.3, -0.25) is 19.7 Å². The molecule has 2 saturated heterocycles. The van der Waals surface area contributed by atoms with Gasteiger partial charge in [-0.2, -0.15) is 0 Å². The van der Waals surface area contributed by atoms with E-state index in [0.717, 1.165) is 37.4 Å². The summed E-state index contributed by atoms with van der Waals surface area (Å²) in [6.07, 6.45) is 10.2. The first-order valence-corrected chi connectivity index (χ1v) is 13.3. The summed E-state index contributed by atoms with van der Waals surface area (Å²) in [5, 5.41) is 6.27. The van der Waals surface area contributed by atoms with Gasteiger partial charge in [-0.1, -0.05) is 6.42 Å². The minimum atomic E-state index is -0.592. The standard InChI is InChI=1S/C27H35N3O5/c31-24-8-7-22(25(32)29-24)30-16-17-13-19(5-6-20(17)26(30)33)35-23-4-2-1-3-21(23)28-18-14-27(15-18)9-11-34-12-10-27/h5-6,13,18,21-23,28H,1-4,7-12,14-16H2,(H,29,31,32)/t21-,22?,23+/m1/s1. The van der Waals surface area contributed by atoms with Gasteiger partial charge < -0.3 is 19.7 Å². The van der Waals surface area contributed by atoms with Gasteiger partial charge in [0, 0.05) is 43.8 Å². The predicted molar refractivity (Wildman–Crippen MR) is 128 cm³/mol. The number of hydrogen-bond donors (Lipinski definition) is 2. The number of hydrogen-bond acceptors (Lipinski definition) is 6. The second-order valence-corrected chi connectivity index (χ2v) is 11.2. The molecule has 6 rings (SSSR count). The predicted octanol–water partition coefficient (Wildman–Crippen LogP) is 2.69. The van der Waals surface area contributed by atoms with E-state index in [1.807, 2.05) is 18.2 Å². The summed E-state index contributed by atoms with van der Waals surface area (Å²) in [7, 11) is 0. The van der Waals surface area contributed by atoms with Crippen LogP contribution in [0.25, 0.3) is 0 Å². The van der Waals surface area contributed by atoms with Crippen molar-refractivity contribution in [1.29, 1.82) is 0 Å². The minimum Gasteiger partial charge on any atom is -0.489 e. The number of imide groups is 1. The van der Waals surface area contributed by atoms with E-state index in [4.69, 9.17) is 9.47 Å². The Kier molecular flexibility index (Phi) is 6.05. The normalized spacial score (nSPS) is 30.7. The number of carbonyl (C=O) groups is 3. The lowest BCUT2D eigenvalue weighted by Gasteiger charge is -2.52. The monoisotopic (exact) mass is 481 g/mol. The van der Waals surface area contributed by atoms with Gasteiger partial charge in [0.1, 0.15) is 17.9 Å². The maximum absolute atomic E-state index is 13.0. The average molecular weight is 482 g/mol. The van der Waals surface area contributed by atoms with Gasteiger partial charge in [-0.25, -0.2) is 0 Å². The van der Waals surface area contributed by atoms with Crippen molar-refractivity contribution < 1.29 is 23.9 Å². The fourth-order valence-electron chi connectivity index (χ4n) is 6.85. The molecule has 1 aromatic rings. The van der Waals surface area contributed by atoms with E-state index in [9.17, 15) is 14.4 Å². The summed E-state index contributed by atoms with van der Waals surface area (Å²) < 4.78 is 12.1. The first-order valence-electron chi connectivity index (χ1n) is 13.3. The summed E-state index contributed by atoms with van der Waals surface area (Å²) in [4.78, 5) is 38.4. The van der Waals surface area contributed by atoms with Crippen molar-refractivity contribution in [2.75, 3.05) is 13.2 Å². The molecular weight excluding hydrogens is 446 g/mol. The van der Waals surface area contributed by atoms with Crippen LogP contribution in [0, 0.1) is 5.41 Å². The summed E-state index contributed by atoms with van der Waals surface area (Å²) in [6, 6.07) is 6.00. The Balaban J connectivity index is 1.09. The highest BCUT2D eigenvalue weighted by molar-refractivity contribution is 6.05. The van der Waals surface area contributed by atoms with Crippen molar-refractivity contribution >= 4 is 17.7 Å². The lowest BCUT2D eigenvalue weighted by Crippen LogP contribution is -2.57. The number of ether oxygens (including phenoxy) is 2. The van der Waals surface area contributed by atoms with Crippen molar-refractivity contribution in [3.63, 3.8) is 0 Å². The van der Waals surface area contributed by atoms with Crippen LogP contribution in [0.3, 0.4) is 0 Å². The molecule has 1 aromatic carbocycles. The highest BCUT2D eigenvalue weighted by Gasteiger charge is 2.46. The van der Waals surface area contributed by atoms with E-state index < -0.39 is 6.04 Å². The Morgan fingerprint density at radius 1 is 1.06 bits per heavy atom. The topological polar surface area (TPSA) is 97.0 Å². The van der Waals surface area contributed by atoms with E-state index in [1.54, 1.807) is 4.90 Å². The zero-order valence-electron chi connectivity index (χ0n) is 20.2. The summed E-state index contributed by atoms with van der Waals surface area (Å²) in [5.41, 5.74) is 2.01. The van der Waals surface area contributed by atoms with E-state index in [1.165, 1.54) is 38.5 Å². The number of nitrogens with one attached hydrogen (secondary N) is 2. The Hall–Kier alpha value is -2.45. The van der Waals surface area contributed by atoms with Gasteiger partial charge in [0.05, 0.1) is 0 Å². The molecule has 1 spiro atoms. The molecule has 188 valence electrons. The number of amides is 3. The average Bonchev–Trinajstić information content (AvgIpc) is 3.15. The van der Waals surface area contributed by atoms with Gasteiger partial charge in [-0.05, 0) is 80.5 Å². The summed E-state index contributed by atoms with van der Waals surface area (Å²) in [6.45, 7) is 2.19. The summed E-state index contributed by atoms with van der Waals surface area (Å²) >= 11 is 0. The molecule has 3 atom stereocenters. The fourth-order valence-corrected chi connectivity index (χ4v) is 6.85. The maximum atomic E-state index is 13.0. The molecule has 2 aliphatic carbocycles. The van der Waals surface area contributed by atoms with Crippen molar-refractivity contribution in [3.05, 3.63) is 29.3 Å². The maximum Gasteiger partial charge on any atom is 0.255 e. The lowest BCUT2D eigenvalue weighted by molar-refractivity contribution is -0.136. The highest BCUT2D eigenvalue weighted by Crippen LogP contribution is 2.49. The Bertz CT molecular complexity index is 1010. The number of rotatable bonds is 5. The van der Waals surface area contributed by atoms with Gasteiger partial charge in [0.2, 0.25) is 11.8 Å². The van der Waals surface area contributed by atoms with Crippen molar-refractivity contribution in [1.82, 2.24) is 15.5 Å². The molecule has 0 radical (unpaired) electrons. The van der Waals surface area contributed by atoms with Crippen molar-refractivity contribution in [3.8, 4) is 5.75 Å². The molecule has 5 aliphatic rings. The molecule has 4 fully saturated rings. The Labute approximate surface area is 206 Å². The minimum absolute atomic E-state index is 0.122. The van der Waals surface area contributed by atoms with E-state index in [0.29, 0.717) is 36.0 Å². The third-order valence-corrected chi connectivity index (χ3v) is 8.85. The van der Waals surface area contributed by atoms with Crippen LogP contribution in [0.1, 0.15) is 80.1 Å². The van der Waals surface area contributed by atoms with E-state index >= 15 is 0 Å². The van der Waals surface area contributed by atoms with Crippen LogP contribution < -0.4 is 15.4 Å². The highest BCUT2D eigenvalue weighted by atomic mass is 16.5. The smallest absolute Gasteiger partial charge is 0.255 e. The van der Waals surface area contributed by atoms with Crippen molar-refractivity contribution in [2.24, 2.45) is 5.41 Å². The van der Waals surface area contributed by atoms with Crippen LogP contribution in [0.5, 0.6) is 5.75 Å². The fraction of sp³-hybridized carbons (Fsp3) is 0.667. The van der Waals surface area contributed by atoms with Crippen LogP contribution >= 0.6 is 0 Å². The Morgan fingerprint density at radius 2 is 1.86 bits per heavy atom. The zero-order chi connectivity index (χ0) is 24.0. The van der Waals surface area contributed by atoms with E-state index in [-0.39, 0.29) is 30.2 Å². The Morgan fingerprint density at radius 3 is 2.66 bits per heavy atom. The molecule has 8 nitrogen and oxygen atoms in total. The number of fused-ring (bicyclic) bond motifs is 1. The molecule has 8 heteroatoms. The van der Waals surface area contributed by atoms with Gasteiger partial charge in [0.15, 0.2) is 0 Å². The number of carbonyl (C=O) groups excluding carboxylic acids is 3. The van der Waals surface area contributed by atoms with Crippen LogP contribution in [-0.4, -0.2) is 60.1 Å². The molecule has 2 saturated carbocycles. The second kappa shape index (κ2) is 9.21. The first kappa shape index (κ1) is 23.0. The molecule has 3 amide bonds. The second-order valence-electron chi connectivity index (χ2n) is 11.2. The van der Waals surface area contributed by atoms with E-state index in [2.05, 4.69) is 10.6 Å². The first-order chi connectivity index (χ1) is 17.0. The molecule has 3 heterocycles. The lowest BCUT2D eigenvalue weighted by atomic mass is 9.61. The molecule has 3 aliphatic heterocycles. The number of nitrogens with zero attached hydrogens (tertiary/aromatic N) is 1. The van der Waals surface area contributed by atoms with Gasteiger partial charge in [-0.15, -0.1) is 0 Å². The zero-order valence-corrected chi connectivity index (χ0v) is 20.2. The molecule has 0 aromatic heterocycles. The largest absolute Gasteiger partial charge is 0.489 e. The third kappa shape index (κ3) is 4.47. The van der Waals surface area contributed by atoms with Gasteiger partial charge >= 0.3 is 0 Å². The summed E-state index contributed by atoms with van der Waals surface area (Å²) in [5.74, 6) is -0.0136. The number of benzene rings is 1.